The van der Waals surface area contributed by atoms with Gasteiger partial charge in [-0.25, -0.2) is 0 Å². The minimum Gasteiger partial charge on any atom is -0.361 e. The number of rotatable bonds is 3. The van der Waals surface area contributed by atoms with Crippen molar-refractivity contribution in [3.63, 3.8) is 0 Å². The molecule has 5 nitrogen and oxygen atoms in total. The third-order valence-electron chi connectivity index (χ3n) is 4.84. The van der Waals surface area contributed by atoms with Gasteiger partial charge in [0.2, 0.25) is 5.78 Å². The third kappa shape index (κ3) is 2.37. The zero-order valence-corrected chi connectivity index (χ0v) is 15.3. The zero-order valence-electron chi connectivity index (χ0n) is 13.7. The summed E-state index contributed by atoms with van der Waals surface area (Å²) in [6, 6.07) is 14.0. The molecule has 1 aliphatic rings. The standard InChI is InChI=1S/C20H15BrN4O/c21-11-5-6-13-15(9-23-17(13)7-11)19(26)20-24-10-18(25-20)14-8-22-16-4-2-1-3-12(14)16/h1-9,18,22-23H,10H2,(H,24,25). The fraction of sp³-hybridized carbons (Fsp3) is 0.100. The molecule has 0 radical (unpaired) electrons. The second-order valence-electron chi connectivity index (χ2n) is 6.40. The van der Waals surface area contributed by atoms with Gasteiger partial charge in [0.05, 0.1) is 18.2 Å². The van der Waals surface area contributed by atoms with Gasteiger partial charge in [-0.2, -0.15) is 0 Å². The molecule has 1 atom stereocenters. The van der Waals surface area contributed by atoms with Crippen molar-refractivity contribution in [2.24, 2.45) is 4.99 Å². The fourth-order valence-corrected chi connectivity index (χ4v) is 3.91. The number of carbonyl (C=O) groups is 1. The summed E-state index contributed by atoms with van der Waals surface area (Å²) in [5.41, 5.74) is 3.79. The molecule has 128 valence electrons. The van der Waals surface area contributed by atoms with E-state index in [1.807, 2.05) is 42.6 Å². The monoisotopic (exact) mass is 406 g/mol. The highest BCUT2D eigenvalue weighted by Gasteiger charge is 2.27. The molecule has 6 heteroatoms. The van der Waals surface area contributed by atoms with Crippen LogP contribution < -0.4 is 5.32 Å². The molecule has 5 rings (SSSR count). The first-order chi connectivity index (χ1) is 12.7. The minimum absolute atomic E-state index is 0.00412. The van der Waals surface area contributed by atoms with Crippen LogP contribution in [0.25, 0.3) is 21.8 Å². The Hall–Kier alpha value is -2.86. The number of hydrogen-bond acceptors (Lipinski definition) is 3. The molecular weight excluding hydrogens is 392 g/mol. The van der Waals surface area contributed by atoms with E-state index >= 15 is 0 Å². The second-order valence-corrected chi connectivity index (χ2v) is 7.31. The van der Waals surface area contributed by atoms with Crippen LogP contribution in [0.1, 0.15) is 22.0 Å². The quantitative estimate of drug-likeness (QED) is 0.442. The molecule has 0 saturated heterocycles. The Morgan fingerprint density at radius 2 is 1.88 bits per heavy atom. The number of fused-ring (bicyclic) bond motifs is 2. The highest BCUT2D eigenvalue weighted by atomic mass is 79.9. The average Bonchev–Trinajstić information content (AvgIpc) is 3.38. The van der Waals surface area contributed by atoms with Gasteiger partial charge in [0.1, 0.15) is 0 Å². The SMILES string of the molecule is O=C(C1=NCC(c2c[nH]c3ccccc23)N1)c1c[nH]c2cc(Br)ccc12. The normalized spacial score (nSPS) is 16.8. The van der Waals surface area contributed by atoms with Gasteiger partial charge in [-0.1, -0.05) is 40.2 Å². The first-order valence-corrected chi connectivity index (χ1v) is 9.18. The minimum atomic E-state index is -0.0825. The first-order valence-electron chi connectivity index (χ1n) is 8.39. The van der Waals surface area contributed by atoms with Gasteiger partial charge in [0.25, 0.3) is 0 Å². The topological polar surface area (TPSA) is 73.0 Å². The van der Waals surface area contributed by atoms with Crippen LogP contribution in [-0.2, 0) is 0 Å². The lowest BCUT2D eigenvalue weighted by atomic mass is 10.1. The number of aliphatic imine (C=N–C) groups is 1. The highest BCUT2D eigenvalue weighted by Crippen LogP contribution is 2.28. The first kappa shape index (κ1) is 15.4. The molecule has 0 saturated carbocycles. The lowest BCUT2D eigenvalue weighted by Gasteiger charge is -2.10. The summed E-state index contributed by atoms with van der Waals surface area (Å²) in [6.45, 7) is 0.552. The van der Waals surface area contributed by atoms with Crippen molar-refractivity contribution in [1.82, 2.24) is 15.3 Å². The largest absolute Gasteiger partial charge is 0.361 e. The Bertz CT molecular complexity index is 1190. The molecule has 2 aromatic heterocycles. The number of aromatic amines is 2. The van der Waals surface area contributed by atoms with Crippen LogP contribution in [0.3, 0.4) is 0 Å². The Morgan fingerprint density at radius 1 is 1.04 bits per heavy atom. The number of H-pyrrole nitrogens is 2. The fourth-order valence-electron chi connectivity index (χ4n) is 3.55. The Morgan fingerprint density at radius 3 is 2.81 bits per heavy atom. The van der Waals surface area contributed by atoms with Gasteiger partial charge in [-0.15, -0.1) is 0 Å². The highest BCUT2D eigenvalue weighted by molar-refractivity contribution is 9.10. The molecule has 26 heavy (non-hydrogen) atoms. The molecule has 4 aromatic rings. The number of nitrogens with one attached hydrogen (secondary N) is 3. The summed E-state index contributed by atoms with van der Waals surface area (Å²) in [7, 11) is 0. The predicted octanol–water partition coefficient (Wildman–Crippen LogP) is 4.34. The maximum absolute atomic E-state index is 13.0. The lowest BCUT2D eigenvalue weighted by molar-refractivity contribution is 0.106. The number of hydrogen-bond donors (Lipinski definition) is 3. The Kier molecular flexibility index (Phi) is 3.46. The van der Waals surface area contributed by atoms with Crippen molar-refractivity contribution >= 4 is 49.4 Å². The molecule has 0 aliphatic carbocycles. The summed E-state index contributed by atoms with van der Waals surface area (Å²) in [4.78, 5) is 23.9. The molecule has 0 spiro atoms. The van der Waals surface area contributed by atoms with E-state index < -0.39 is 0 Å². The van der Waals surface area contributed by atoms with E-state index in [9.17, 15) is 4.79 Å². The number of ketones is 1. The van der Waals surface area contributed by atoms with Gasteiger partial charge in [0.15, 0.2) is 5.84 Å². The molecule has 3 heterocycles. The predicted molar refractivity (Wildman–Crippen MR) is 107 cm³/mol. The molecule has 1 aliphatic heterocycles. The number of Topliss-reactive ketones (excluding diaryl/α,β-unsaturated/α-hetero) is 1. The van der Waals surface area contributed by atoms with Crippen LogP contribution in [0.4, 0.5) is 0 Å². The average molecular weight is 407 g/mol. The summed E-state index contributed by atoms with van der Waals surface area (Å²) >= 11 is 3.45. The van der Waals surface area contributed by atoms with E-state index in [2.05, 4.69) is 42.3 Å². The van der Waals surface area contributed by atoms with Gasteiger partial charge < -0.3 is 15.3 Å². The number of aromatic nitrogens is 2. The van der Waals surface area contributed by atoms with Crippen molar-refractivity contribution in [2.45, 2.75) is 6.04 Å². The van der Waals surface area contributed by atoms with E-state index in [1.54, 1.807) is 6.20 Å². The van der Waals surface area contributed by atoms with Gasteiger partial charge in [-0.3, -0.25) is 9.79 Å². The summed E-state index contributed by atoms with van der Waals surface area (Å²) in [5.74, 6) is 0.338. The van der Waals surface area contributed by atoms with Crippen molar-refractivity contribution < 1.29 is 4.79 Å². The maximum atomic E-state index is 13.0. The van der Waals surface area contributed by atoms with Crippen LogP contribution in [0.2, 0.25) is 0 Å². The lowest BCUT2D eigenvalue weighted by Crippen LogP contribution is -2.29. The molecule has 0 fully saturated rings. The van der Waals surface area contributed by atoms with Crippen LogP contribution in [0, 0.1) is 0 Å². The zero-order chi connectivity index (χ0) is 17.7. The van der Waals surface area contributed by atoms with Crippen molar-refractivity contribution in [1.29, 1.82) is 0 Å². The molecule has 3 N–H and O–H groups in total. The van der Waals surface area contributed by atoms with E-state index in [0.29, 0.717) is 17.9 Å². The Balaban J connectivity index is 1.44. The summed E-state index contributed by atoms with van der Waals surface area (Å²) < 4.78 is 0.974. The van der Waals surface area contributed by atoms with Gasteiger partial charge >= 0.3 is 0 Å². The van der Waals surface area contributed by atoms with Crippen molar-refractivity contribution in [2.75, 3.05) is 6.54 Å². The van der Waals surface area contributed by atoms with E-state index in [-0.39, 0.29) is 11.8 Å². The maximum Gasteiger partial charge on any atom is 0.229 e. The molecule has 0 amide bonds. The Labute approximate surface area is 157 Å². The number of amidine groups is 1. The molecule has 2 aromatic carbocycles. The van der Waals surface area contributed by atoms with Crippen molar-refractivity contribution in [3.05, 3.63) is 70.5 Å². The van der Waals surface area contributed by atoms with E-state index in [4.69, 9.17) is 0 Å². The number of para-hydroxylation sites is 1. The van der Waals surface area contributed by atoms with Crippen molar-refractivity contribution in [3.8, 4) is 0 Å². The molecule has 0 bridgehead atoms. The van der Waals surface area contributed by atoms with Crippen LogP contribution in [0.15, 0.2) is 64.3 Å². The van der Waals surface area contributed by atoms with Gasteiger partial charge in [0, 0.05) is 44.2 Å². The summed E-state index contributed by atoms with van der Waals surface area (Å²) in [6.07, 6.45) is 3.75. The van der Waals surface area contributed by atoms with Crippen LogP contribution >= 0.6 is 15.9 Å². The number of benzene rings is 2. The number of carbonyl (C=O) groups excluding carboxylic acids is 1. The number of nitrogens with zero attached hydrogens (tertiary/aromatic N) is 1. The van der Waals surface area contributed by atoms with E-state index in [1.165, 1.54) is 0 Å². The van der Waals surface area contributed by atoms with Crippen LogP contribution in [-0.4, -0.2) is 28.1 Å². The van der Waals surface area contributed by atoms with Gasteiger partial charge in [-0.05, 0) is 18.2 Å². The van der Waals surface area contributed by atoms with Crippen LogP contribution in [0.5, 0.6) is 0 Å². The third-order valence-corrected chi connectivity index (χ3v) is 5.34. The molecular formula is C20H15BrN4O. The summed E-state index contributed by atoms with van der Waals surface area (Å²) in [5, 5.41) is 5.37. The number of halogens is 1. The second kappa shape index (κ2) is 5.85. The smallest absolute Gasteiger partial charge is 0.229 e. The molecule has 1 unspecified atom stereocenters. The van der Waals surface area contributed by atoms with E-state index in [0.717, 1.165) is 31.8 Å².